The third kappa shape index (κ3) is 3.50. The molecule has 0 radical (unpaired) electrons. The summed E-state index contributed by atoms with van der Waals surface area (Å²) in [5.41, 5.74) is 0. The Bertz CT molecular complexity index is 391. The van der Waals surface area contributed by atoms with Gasteiger partial charge < -0.3 is 10.0 Å². The topological polar surface area (TPSA) is 57.6 Å². The molecular formula is C10H12ClNO3S. The van der Waals surface area contributed by atoms with E-state index in [9.17, 15) is 9.59 Å². The number of nitrogens with zero attached hydrogens (tertiary/aromatic N) is 1. The average molecular weight is 262 g/mol. The highest BCUT2D eigenvalue weighted by Gasteiger charge is 2.19. The van der Waals surface area contributed by atoms with Gasteiger partial charge in [-0.1, -0.05) is 18.5 Å². The second-order valence-corrected chi connectivity index (χ2v) is 4.94. The second kappa shape index (κ2) is 5.86. The van der Waals surface area contributed by atoms with Crippen molar-refractivity contribution in [2.45, 2.75) is 13.3 Å². The van der Waals surface area contributed by atoms with Crippen LogP contribution in [0.4, 0.5) is 0 Å². The predicted octanol–water partition coefficient (Wildman–Crippen LogP) is 2.34. The summed E-state index contributed by atoms with van der Waals surface area (Å²) in [6, 6.07) is 3.24. The molecule has 6 heteroatoms. The summed E-state index contributed by atoms with van der Waals surface area (Å²) in [6.45, 7) is 2.05. The quantitative estimate of drug-likeness (QED) is 0.885. The largest absolute Gasteiger partial charge is 0.480 e. The maximum atomic E-state index is 11.9. The van der Waals surface area contributed by atoms with Crippen LogP contribution < -0.4 is 0 Å². The molecule has 4 nitrogen and oxygen atoms in total. The number of carboxylic acid groups (broad SMARTS) is 1. The SMILES string of the molecule is CCCN(CC(=O)O)C(=O)c1ccc(Cl)s1. The molecule has 16 heavy (non-hydrogen) atoms. The van der Waals surface area contributed by atoms with Crippen molar-refractivity contribution in [2.24, 2.45) is 0 Å². The lowest BCUT2D eigenvalue weighted by Crippen LogP contribution is -2.35. The van der Waals surface area contributed by atoms with E-state index in [1.54, 1.807) is 12.1 Å². The van der Waals surface area contributed by atoms with Crippen molar-refractivity contribution in [3.8, 4) is 0 Å². The minimum absolute atomic E-state index is 0.276. The Morgan fingerprint density at radius 1 is 1.50 bits per heavy atom. The van der Waals surface area contributed by atoms with Gasteiger partial charge in [-0.2, -0.15) is 0 Å². The Balaban J connectivity index is 2.78. The van der Waals surface area contributed by atoms with Crippen LogP contribution in [0.15, 0.2) is 12.1 Å². The Morgan fingerprint density at radius 3 is 2.62 bits per heavy atom. The van der Waals surface area contributed by atoms with Crippen LogP contribution >= 0.6 is 22.9 Å². The van der Waals surface area contributed by atoms with Gasteiger partial charge in [0.05, 0.1) is 9.21 Å². The first-order valence-corrected chi connectivity index (χ1v) is 6.00. The highest BCUT2D eigenvalue weighted by molar-refractivity contribution is 7.17. The van der Waals surface area contributed by atoms with E-state index in [1.165, 1.54) is 4.90 Å². The molecule has 0 aliphatic rings. The fourth-order valence-electron chi connectivity index (χ4n) is 1.27. The predicted molar refractivity (Wildman–Crippen MR) is 63.2 cm³/mol. The van der Waals surface area contributed by atoms with Gasteiger partial charge in [0.25, 0.3) is 5.91 Å². The zero-order chi connectivity index (χ0) is 12.1. The first kappa shape index (κ1) is 13.0. The zero-order valence-corrected chi connectivity index (χ0v) is 10.3. The van der Waals surface area contributed by atoms with E-state index in [0.717, 1.165) is 17.8 Å². The van der Waals surface area contributed by atoms with Crippen LogP contribution in [-0.4, -0.2) is 35.0 Å². The number of thiophene rings is 1. The van der Waals surface area contributed by atoms with Gasteiger partial charge in [-0.05, 0) is 18.6 Å². The summed E-state index contributed by atoms with van der Waals surface area (Å²) >= 11 is 6.88. The van der Waals surface area contributed by atoms with E-state index in [0.29, 0.717) is 15.8 Å². The minimum Gasteiger partial charge on any atom is -0.480 e. The molecule has 0 bridgehead atoms. The summed E-state index contributed by atoms with van der Waals surface area (Å²) in [6.07, 6.45) is 0.720. The van der Waals surface area contributed by atoms with Gasteiger partial charge in [-0.3, -0.25) is 9.59 Å². The highest BCUT2D eigenvalue weighted by atomic mass is 35.5. The van der Waals surface area contributed by atoms with E-state index in [2.05, 4.69) is 0 Å². The van der Waals surface area contributed by atoms with Gasteiger partial charge in [-0.15, -0.1) is 11.3 Å². The molecule has 1 heterocycles. The van der Waals surface area contributed by atoms with Gasteiger partial charge in [0.2, 0.25) is 0 Å². The van der Waals surface area contributed by atoms with Gasteiger partial charge in [0.15, 0.2) is 0 Å². The van der Waals surface area contributed by atoms with Crippen molar-refractivity contribution < 1.29 is 14.7 Å². The summed E-state index contributed by atoms with van der Waals surface area (Å²) in [4.78, 5) is 24.3. The van der Waals surface area contributed by atoms with E-state index in [1.807, 2.05) is 6.92 Å². The molecule has 0 aliphatic carbocycles. The summed E-state index contributed by atoms with van der Waals surface area (Å²) in [5.74, 6) is -1.29. The van der Waals surface area contributed by atoms with Crippen molar-refractivity contribution in [3.05, 3.63) is 21.3 Å². The standard InChI is InChI=1S/C10H12ClNO3S/c1-2-5-12(6-9(13)14)10(15)7-3-4-8(11)16-7/h3-4H,2,5-6H2,1H3,(H,13,14). The first-order valence-electron chi connectivity index (χ1n) is 4.81. The number of aliphatic carboxylic acids is 1. The molecule has 0 atom stereocenters. The number of carbonyl (C=O) groups is 2. The van der Waals surface area contributed by atoms with Crippen LogP contribution in [0.3, 0.4) is 0 Å². The fourth-order valence-corrected chi connectivity index (χ4v) is 2.28. The zero-order valence-electron chi connectivity index (χ0n) is 8.77. The van der Waals surface area contributed by atoms with E-state index in [-0.39, 0.29) is 12.5 Å². The third-order valence-corrected chi connectivity index (χ3v) is 3.11. The maximum absolute atomic E-state index is 11.9. The van der Waals surface area contributed by atoms with Crippen LogP contribution in [-0.2, 0) is 4.79 Å². The molecule has 0 saturated heterocycles. The highest BCUT2D eigenvalue weighted by Crippen LogP contribution is 2.22. The van der Waals surface area contributed by atoms with Crippen molar-refractivity contribution in [1.82, 2.24) is 4.90 Å². The third-order valence-electron chi connectivity index (χ3n) is 1.89. The maximum Gasteiger partial charge on any atom is 0.323 e. The van der Waals surface area contributed by atoms with Crippen LogP contribution in [0.5, 0.6) is 0 Å². The van der Waals surface area contributed by atoms with E-state index in [4.69, 9.17) is 16.7 Å². The first-order chi connectivity index (χ1) is 7.54. The molecule has 1 rings (SSSR count). The van der Waals surface area contributed by atoms with Crippen molar-refractivity contribution in [2.75, 3.05) is 13.1 Å². The van der Waals surface area contributed by atoms with Gasteiger partial charge in [0.1, 0.15) is 6.54 Å². The molecule has 0 spiro atoms. The monoisotopic (exact) mass is 261 g/mol. The second-order valence-electron chi connectivity index (χ2n) is 3.22. The lowest BCUT2D eigenvalue weighted by atomic mass is 10.3. The Hall–Kier alpha value is -1.07. The number of carbonyl (C=O) groups excluding carboxylic acids is 1. The molecule has 0 aliphatic heterocycles. The summed E-state index contributed by atoms with van der Waals surface area (Å²) in [7, 11) is 0. The molecule has 1 amide bonds. The Kier molecular flexibility index (Phi) is 4.76. The molecule has 0 saturated carbocycles. The van der Waals surface area contributed by atoms with Gasteiger partial charge in [0, 0.05) is 6.54 Å². The molecule has 0 aromatic carbocycles. The number of amides is 1. The lowest BCUT2D eigenvalue weighted by molar-refractivity contribution is -0.137. The average Bonchev–Trinajstić information content (AvgIpc) is 2.62. The molecule has 0 fully saturated rings. The smallest absolute Gasteiger partial charge is 0.323 e. The molecule has 1 aromatic heterocycles. The van der Waals surface area contributed by atoms with Crippen molar-refractivity contribution >= 4 is 34.8 Å². The number of hydrogen-bond donors (Lipinski definition) is 1. The Morgan fingerprint density at radius 2 is 2.19 bits per heavy atom. The number of carboxylic acids is 1. The molecular weight excluding hydrogens is 250 g/mol. The molecule has 88 valence electrons. The van der Waals surface area contributed by atoms with Crippen molar-refractivity contribution in [3.63, 3.8) is 0 Å². The summed E-state index contributed by atoms with van der Waals surface area (Å²) in [5, 5.41) is 8.69. The van der Waals surface area contributed by atoms with Crippen LogP contribution in [0.2, 0.25) is 4.34 Å². The van der Waals surface area contributed by atoms with Crippen LogP contribution in [0, 0.1) is 0 Å². The van der Waals surface area contributed by atoms with Gasteiger partial charge >= 0.3 is 5.97 Å². The van der Waals surface area contributed by atoms with E-state index >= 15 is 0 Å². The lowest BCUT2D eigenvalue weighted by Gasteiger charge is -2.18. The van der Waals surface area contributed by atoms with Crippen LogP contribution in [0.1, 0.15) is 23.0 Å². The number of halogens is 1. The fraction of sp³-hybridized carbons (Fsp3) is 0.400. The van der Waals surface area contributed by atoms with Gasteiger partial charge in [-0.25, -0.2) is 0 Å². The molecule has 1 aromatic rings. The molecule has 1 N–H and O–H groups in total. The van der Waals surface area contributed by atoms with Crippen LogP contribution in [0.25, 0.3) is 0 Å². The van der Waals surface area contributed by atoms with E-state index < -0.39 is 5.97 Å². The van der Waals surface area contributed by atoms with Crippen molar-refractivity contribution in [1.29, 1.82) is 0 Å². The number of rotatable bonds is 5. The Labute approximate surface area is 102 Å². The summed E-state index contributed by atoms with van der Waals surface area (Å²) < 4.78 is 0.523. The number of hydrogen-bond acceptors (Lipinski definition) is 3. The molecule has 0 unspecified atom stereocenters. The normalized spacial score (nSPS) is 10.1. The minimum atomic E-state index is -1.01.